The van der Waals surface area contributed by atoms with E-state index < -0.39 is 0 Å². The Morgan fingerprint density at radius 3 is 3.00 bits per heavy atom. The number of aromatic nitrogens is 3. The van der Waals surface area contributed by atoms with E-state index >= 15 is 0 Å². The number of nitrogen functional groups attached to an aromatic ring is 1. The predicted molar refractivity (Wildman–Crippen MR) is 72.2 cm³/mol. The van der Waals surface area contributed by atoms with Crippen LogP contribution in [0.3, 0.4) is 0 Å². The van der Waals surface area contributed by atoms with Crippen molar-refractivity contribution in [3.8, 4) is 0 Å². The topological polar surface area (TPSA) is 67.6 Å². The number of thioether (sulfide) groups is 1. The molecule has 3 N–H and O–H groups in total. The molecular weight excluding hydrogens is 252 g/mol. The number of nitrogens with zero attached hydrogens (tertiary/aromatic N) is 2. The van der Waals surface area contributed by atoms with Crippen molar-refractivity contribution in [3.05, 3.63) is 36.3 Å². The molecule has 17 heavy (non-hydrogen) atoms. The Morgan fingerprint density at radius 2 is 2.24 bits per heavy atom. The third-order valence-electron chi connectivity index (χ3n) is 2.29. The van der Waals surface area contributed by atoms with Crippen molar-refractivity contribution in [1.29, 1.82) is 0 Å². The number of anilines is 1. The van der Waals surface area contributed by atoms with Gasteiger partial charge in [0.2, 0.25) is 0 Å². The Bertz CT molecular complexity index is 611. The van der Waals surface area contributed by atoms with Crippen LogP contribution in [-0.4, -0.2) is 15.0 Å². The van der Waals surface area contributed by atoms with E-state index in [9.17, 15) is 0 Å². The first-order chi connectivity index (χ1) is 8.31. The summed E-state index contributed by atoms with van der Waals surface area (Å²) < 4.78 is 1.11. The lowest BCUT2D eigenvalue weighted by molar-refractivity contribution is 1.14. The number of thiazole rings is 1. The quantitative estimate of drug-likeness (QED) is 0.712. The molecule has 6 heteroatoms. The molecule has 0 radical (unpaired) electrons. The summed E-state index contributed by atoms with van der Waals surface area (Å²) in [6, 6.07) is 8.02. The highest BCUT2D eigenvalue weighted by molar-refractivity contribution is 8.00. The highest BCUT2D eigenvalue weighted by atomic mass is 32.2. The average Bonchev–Trinajstić information content (AvgIpc) is 2.91. The molecule has 0 aliphatic rings. The molecule has 0 aliphatic heterocycles. The number of nitrogens with two attached hydrogens (primary N) is 1. The van der Waals surface area contributed by atoms with Crippen LogP contribution in [0.4, 0.5) is 5.13 Å². The van der Waals surface area contributed by atoms with Crippen molar-refractivity contribution in [2.75, 3.05) is 5.73 Å². The molecule has 1 aromatic carbocycles. The zero-order chi connectivity index (χ0) is 11.7. The van der Waals surface area contributed by atoms with Crippen molar-refractivity contribution in [2.24, 2.45) is 0 Å². The zero-order valence-electron chi connectivity index (χ0n) is 8.88. The number of rotatable bonds is 3. The van der Waals surface area contributed by atoms with E-state index in [1.54, 1.807) is 18.0 Å². The highest BCUT2D eigenvalue weighted by Crippen LogP contribution is 2.28. The lowest BCUT2D eigenvalue weighted by Crippen LogP contribution is -1.81. The Labute approximate surface area is 106 Å². The van der Waals surface area contributed by atoms with Crippen molar-refractivity contribution < 1.29 is 0 Å². The van der Waals surface area contributed by atoms with E-state index in [0.717, 1.165) is 26.8 Å². The molecule has 0 saturated heterocycles. The van der Waals surface area contributed by atoms with Crippen LogP contribution in [0.2, 0.25) is 0 Å². The minimum atomic E-state index is 0.608. The van der Waals surface area contributed by atoms with Gasteiger partial charge in [0.05, 0.1) is 27.2 Å². The summed E-state index contributed by atoms with van der Waals surface area (Å²) in [5, 5.41) is 0.608. The van der Waals surface area contributed by atoms with Gasteiger partial charge in [0, 0.05) is 0 Å². The Hall–Kier alpha value is -1.53. The molecule has 0 aliphatic carbocycles. The molecule has 0 bridgehead atoms. The Morgan fingerprint density at radius 1 is 1.35 bits per heavy atom. The number of H-pyrrole nitrogens is 1. The van der Waals surface area contributed by atoms with Crippen molar-refractivity contribution in [2.45, 2.75) is 9.96 Å². The molecule has 2 aromatic heterocycles. The van der Waals surface area contributed by atoms with Crippen molar-refractivity contribution >= 4 is 39.3 Å². The molecule has 0 unspecified atom stereocenters. The maximum Gasteiger partial charge on any atom is 0.181 e. The molecule has 3 rings (SSSR count). The first-order valence-electron chi connectivity index (χ1n) is 5.09. The molecule has 86 valence electrons. The van der Waals surface area contributed by atoms with Gasteiger partial charge >= 0.3 is 0 Å². The van der Waals surface area contributed by atoms with E-state index in [1.165, 1.54) is 11.3 Å². The molecule has 4 nitrogen and oxygen atoms in total. The Kier molecular flexibility index (Phi) is 2.74. The van der Waals surface area contributed by atoms with Crippen molar-refractivity contribution in [3.63, 3.8) is 0 Å². The summed E-state index contributed by atoms with van der Waals surface area (Å²) in [6.07, 6.45) is 1.80. The lowest BCUT2D eigenvalue weighted by atomic mass is 10.3. The van der Waals surface area contributed by atoms with E-state index in [1.807, 2.05) is 24.3 Å². The van der Waals surface area contributed by atoms with Crippen LogP contribution >= 0.6 is 23.1 Å². The summed E-state index contributed by atoms with van der Waals surface area (Å²) in [4.78, 5) is 11.8. The third kappa shape index (κ3) is 2.27. The van der Waals surface area contributed by atoms with Crippen LogP contribution in [0.1, 0.15) is 5.82 Å². The minimum Gasteiger partial charge on any atom is -0.375 e. The number of hydrogen-bond acceptors (Lipinski definition) is 5. The molecule has 0 amide bonds. The number of nitrogens with one attached hydrogen (secondary N) is 1. The minimum absolute atomic E-state index is 0.608. The summed E-state index contributed by atoms with van der Waals surface area (Å²) >= 11 is 3.19. The molecule has 3 aromatic rings. The summed E-state index contributed by atoms with van der Waals surface area (Å²) in [6.45, 7) is 0. The number of benzene rings is 1. The monoisotopic (exact) mass is 262 g/mol. The fourth-order valence-electron chi connectivity index (χ4n) is 1.55. The van der Waals surface area contributed by atoms with Crippen LogP contribution in [0.15, 0.2) is 34.7 Å². The second kappa shape index (κ2) is 4.38. The van der Waals surface area contributed by atoms with Gasteiger partial charge in [-0.2, -0.15) is 0 Å². The van der Waals surface area contributed by atoms with Gasteiger partial charge in [0.15, 0.2) is 5.13 Å². The first kappa shape index (κ1) is 10.6. The number of fused-ring (bicyclic) bond motifs is 1. The normalized spacial score (nSPS) is 11.1. The SMILES string of the molecule is Nc1ncc(SCc2nc3ccccc3[nH]2)s1. The maximum atomic E-state index is 5.58. The fourth-order valence-corrected chi connectivity index (χ4v) is 3.18. The van der Waals surface area contributed by atoms with Gasteiger partial charge in [-0.3, -0.25) is 0 Å². The number of hydrogen-bond donors (Lipinski definition) is 2. The molecule has 0 atom stereocenters. The van der Waals surface area contributed by atoms with Crippen LogP contribution in [-0.2, 0) is 5.75 Å². The van der Waals surface area contributed by atoms with Gasteiger partial charge in [-0.15, -0.1) is 11.8 Å². The molecular formula is C11H10N4S2. The lowest BCUT2D eigenvalue weighted by Gasteiger charge is -1.92. The van der Waals surface area contributed by atoms with E-state index in [4.69, 9.17) is 5.73 Å². The standard InChI is InChI=1S/C11H10N4S2/c12-11-13-5-10(17-11)16-6-9-14-7-3-1-2-4-8(7)15-9/h1-5H,6H2,(H2,12,13)(H,14,15). The van der Waals surface area contributed by atoms with Gasteiger partial charge in [-0.25, -0.2) is 9.97 Å². The summed E-state index contributed by atoms with van der Waals surface area (Å²) in [7, 11) is 0. The van der Waals surface area contributed by atoms with Crippen LogP contribution in [0, 0.1) is 0 Å². The average molecular weight is 262 g/mol. The van der Waals surface area contributed by atoms with Crippen LogP contribution in [0.5, 0.6) is 0 Å². The second-order valence-corrected chi connectivity index (χ2v) is 5.84. The van der Waals surface area contributed by atoms with Gasteiger partial charge in [-0.05, 0) is 12.1 Å². The highest BCUT2D eigenvalue weighted by Gasteiger charge is 2.04. The smallest absolute Gasteiger partial charge is 0.181 e. The first-order valence-corrected chi connectivity index (χ1v) is 6.89. The van der Waals surface area contributed by atoms with Gasteiger partial charge in [-0.1, -0.05) is 23.5 Å². The number of imidazole rings is 1. The fraction of sp³-hybridized carbons (Fsp3) is 0.0909. The van der Waals surface area contributed by atoms with Crippen LogP contribution < -0.4 is 5.73 Å². The second-order valence-electron chi connectivity index (χ2n) is 3.51. The van der Waals surface area contributed by atoms with Gasteiger partial charge < -0.3 is 10.7 Å². The third-order valence-corrected chi connectivity index (χ3v) is 4.32. The van der Waals surface area contributed by atoms with Gasteiger partial charge in [0.1, 0.15) is 5.82 Å². The molecule has 0 spiro atoms. The Balaban J connectivity index is 1.76. The summed E-state index contributed by atoms with van der Waals surface area (Å²) in [5.41, 5.74) is 7.66. The van der Waals surface area contributed by atoms with Crippen molar-refractivity contribution in [1.82, 2.24) is 15.0 Å². The largest absolute Gasteiger partial charge is 0.375 e. The van der Waals surface area contributed by atoms with E-state index in [-0.39, 0.29) is 0 Å². The van der Waals surface area contributed by atoms with E-state index in [2.05, 4.69) is 15.0 Å². The van der Waals surface area contributed by atoms with Gasteiger partial charge in [0.25, 0.3) is 0 Å². The zero-order valence-corrected chi connectivity index (χ0v) is 10.5. The van der Waals surface area contributed by atoms with E-state index in [0.29, 0.717) is 5.13 Å². The van der Waals surface area contributed by atoms with Crippen LogP contribution in [0.25, 0.3) is 11.0 Å². The summed E-state index contributed by atoms with van der Waals surface area (Å²) in [5.74, 6) is 1.78. The molecule has 0 saturated carbocycles. The molecule has 0 fully saturated rings. The predicted octanol–water partition coefficient (Wildman–Crippen LogP) is 2.89. The number of para-hydroxylation sites is 2. The molecule has 2 heterocycles. The number of aromatic amines is 1. The maximum absolute atomic E-state index is 5.58.